The highest BCUT2D eigenvalue weighted by molar-refractivity contribution is 6.32. The molecule has 1 amide bonds. The van der Waals surface area contributed by atoms with Crippen LogP contribution in [0.15, 0.2) is 35.3 Å². The van der Waals surface area contributed by atoms with E-state index < -0.39 is 11.5 Å². The number of nitriles is 1. The van der Waals surface area contributed by atoms with E-state index in [-0.39, 0.29) is 28.4 Å². The van der Waals surface area contributed by atoms with Crippen molar-refractivity contribution in [2.24, 2.45) is 7.05 Å². The van der Waals surface area contributed by atoms with E-state index in [0.29, 0.717) is 18.7 Å². The first-order valence-electron chi connectivity index (χ1n) is 7.49. The fraction of sp³-hybridized carbons (Fsp3) is 0.235. The third-order valence-corrected chi connectivity index (χ3v) is 3.79. The number of anilines is 1. The lowest BCUT2D eigenvalue weighted by atomic mass is 10.1. The van der Waals surface area contributed by atoms with Crippen LogP contribution in [0.3, 0.4) is 0 Å². The van der Waals surface area contributed by atoms with E-state index in [1.807, 2.05) is 6.07 Å². The Morgan fingerprint density at radius 1 is 1.44 bits per heavy atom. The van der Waals surface area contributed by atoms with E-state index in [1.165, 1.54) is 10.6 Å². The summed E-state index contributed by atoms with van der Waals surface area (Å²) >= 11 is 5.94. The molecule has 130 valence electrons. The Kier molecular flexibility index (Phi) is 6.31. The van der Waals surface area contributed by atoms with Gasteiger partial charge in [-0.15, -0.1) is 0 Å². The summed E-state index contributed by atoms with van der Waals surface area (Å²) in [5.41, 5.74) is 0.590. The first kappa shape index (κ1) is 18.7. The van der Waals surface area contributed by atoms with Crippen LogP contribution in [0.5, 0.6) is 0 Å². The second kappa shape index (κ2) is 8.44. The van der Waals surface area contributed by atoms with Crippen molar-refractivity contribution in [3.05, 3.63) is 62.5 Å². The number of nitrogens with zero attached hydrogens (tertiary/aromatic N) is 2. The Labute approximate surface area is 149 Å². The van der Waals surface area contributed by atoms with Crippen molar-refractivity contribution in [3.8, 4) is 6.07 Å². The van der Waals surface area contributed by atoms with Crippen molar-refractivity contribution in [1.82, 2.24) is 9.88 Å². The molecule has 3 N–H and O–H groups in total. The zero-order chi connectivity index (χ0) is 18.4. The summed E-state index contributed by atoms with van der Waals surface area (Å²) in [7, 11) is 1.55. The molecule has 25 heavy (non-hydrogen) atoms. The monoisotopic (exact) mass is 360 g/mol. The number of aliphatic hydroxyl groups is 1. The van der Waals surface area contributed by atoms with Gasteiger partial charge in [-0.3, -0.25) is 9.59 Å². The minimum absolute atomic E-state index is 0.00912. The van der Waals surface area contributed by atoms with Crippen LogP contribution in [0.25, 0.3) is 0 Å². The molecule has 7 nitrogen and oxygen atoms in total. The molecule has 2 aromatic rings. The molecule has 0 aliphatic heterocycles. The summed E-state index contributed by atoms with van der Waals surface area (Å²) in [6.45, 7) is 0.790. The van der Waals surface area contributed by atoms with Crippen LogP contribution in [0.1, 0.15) is 21.5 Å². The maximum atomic E-state index is 12.5. The number of aromatic nitrogens is 1. The van der Waals surface area contributed by atoms with Gasteiger partial charge in [0, 0.05) is 26.3 Å². The molecule has 1 heterocycles. The number of nitrogens with one attached hydrogen (secondary N) is 2. The van der Waals surface area contributed by atoms with Gasteiger partial charge in [-0.05, 0) is 23.8 Å². The second-order valence-electron chi connectivity index (χ2n) is 5.31. The lowest BCUT2D eigenvalue weighted by Gasteiger charge is -2.11. The van der Waals surface area contributed by atoms with Crippen LogP contribution in [0.2, 0.25) is 5.02 Å². The Bertz CT molecular complexity index is 886. The molecular formula is C17H17ClN4O3. The molecule has 1 aromatic heterocycles. The van der Waals surface area contributed by atoms with E-state index in [9.17, 15) is 9.59 Å². The first-order chi connectivity index (χ1) is 12.0. The quantitative estimate of drug-likeness (QED) is 0.672. The van der Waals surface area contributed by atoms with E-state index in [2.05, 4.69) is 10.6 Å². The van der Waals surface area contributed by atoms with Gasteiger partial charge in [-0.1, -0.05) is 17.7 Å². The van der Waals surface area contributed by atoms with Gasteiger partial charge >= 0.3 is 0 Å². The number of amides is 1. The Morgan fingerprint density at radius 2 is 2.20 bits per heavy atom. The molecule has 2 rings (SSSR count). The van der Waals surface area contributed by atoms with E-state index >= 15 is 0 Å². The molecule has 0 spiro atoms. The van der Waals surface area contributed by atoms with Crippen molar-refractivity contribution < 1.29 is 9.90 Å². The molecule has 0 radical (unpaired) electrons. The van der Waals surface area contributed by atoms with Gasteiger partial charge in [-0.25, -0.2) is 0 Å². The van der Waals surface area contributed by atoms with Crippen molar-refractivity contribution in [2.75, 3.05) is 18.5 Å². The summed E-state index contributed by atoms with van der Waals surface area (Å²) in [4.78, 5) is 24.8. The Morgan fingerprint density at radius 3 is 2.88 bits per heavy atom. The Balaban J connectivity index is 2.32. The maximum absolute atomic E-state index is 12.5. The highest BCUT2D eigenvalue weighted by Crippen LogP contribution is 2.23. The van der Waals surface area contributed by atoms with Gasteiger partial charge < -0.3 is 20.3 Å². The van der Waals surface area contributed by atoms with Gasteiger partial charge in [0.1, 0.15) is 11.6 Å². The highest BCUT2D eigenvalue weighted by atomic mass is 35.5. The standard InChI is InChI=1S/C17H17ClN4O3/c1-22-10-11(9-20-5-6-23)7-12(17(22)25)16(24)21-15-4-2-3-14(18)13(15)8-19/h2-4,7,10,20,23H,5-6,9H2,1H3,(H,21,24). The summed E-state index contributed by atoms with van der Waals surface area (Å²) < 4.78 is 1.31. The molecule has 0 aliphatic carbocycles. The van der Waals surface area contributed by atoms with Gasteiger partial charge in [0.15, 0.2) is 0 Å². The van der Waals surface area contributed by atoms with Gasteiger partial charge in [0.2, 0.25) is 0 Å². The number of carbonyl (C=O) groups is 1. The largest absolute Gasteiger partial charge is 0.395 e. The van der Waals surface area contributed by atoms with Crippen molar-refractivity contribution in [1.29, 1.82) is 5.26 Å². The summed E-state index contributed by atoms with van der Waals surface area (Å²) in [5.74, 6) is -0.622. The Hall–Kier alpha value is -2.66. The van der Waals surface area contributed by atoms with Crippen LogP contribution in [-0.2, 0) is 13.6 Å². The number of benzene rings is 1. The summed E-state index contributed by atoms with van der Waals surface area (Å²) in [6.07, 6.45) is 1.61. The fourth-order valence-electron chi connectivity index (χ4n) is 2.28. The third kappa shape index (κ3) is 4.45. The minimum atomic E-state index is -0.622. The topological polar surface area (TPSA) is 107 Å². The molecule has 0 aliphatic rings. The van der Waals surface area contributed by atoms with Gasteiger partial charge in [0.05, 0.1) is 22.9 Å². The van der Waals surface area contributed by atoms with E-state index in [1.54, 1.807) is 31.4 Å². The third-order valence-electron chi connectivity index (χ3n) is 3.48. The predicted molar refractivity (Wildman–Crippen MR) is 94.6 cm³/mol. The zero-order valence-electron chi connectivity index (χ0n) is 13.5. The number of rotatable bonds is 6. The highest BCUT2D eigenvalue weighted by Gasteiger charge is 2.16. The number of carbonyl (C=O) groups excluding carboxylic acids is 1. The summed E-state index contributed by atoms with van der Waals surface area (Å²) in [6, 6.07) is 8.10. The van der Waals surface area contributed by atoms with Crippen LogP contribution < -0.4 is 16.2 Å². The van der Waals surface area contributed by atoms with E-state index in [4.69, 9.17) is 22.0 Å². The molecule has 0 saturated carbocycles. The number of hydrogen-bond donors (Lipinski definition) is 3. The lowest BCUT2D eigenvalue weighted by Crippen LogP contribution is -2.29. The molecule has 8 heteroatoms. The summed E-state index contributed by atoms with van der Waals surface area (Å²) in [5, 5.41) is 23.7. The SMILES string of the molecule is Cn1cc(CNCCO)cc(C(=O)Nc2cccc(Cl)c2C#N)c1=O. The lowest BCUT2D eigenvalue weighted by molar-refractivity contribution is 0.102. The number of pyridine rings is 1. The molecule has 0 fully saturated rings. The predicted octanol–water partition coefficient (Wildman–Crippen LogP) is 1.24. The number of hydrogen-bond acceptors (Lipinski definition) is 5. The van der Waals surface area contributed by atoms with Crippen molar-refractivity contribution in [3.63, 3.8) is 0 Å². The normalized spacial score (nSPS) is 10.3. The minimum Gasteiger partial charge on any atom is -0.395 e. The molecular weight excluding hydrogens is 344 g/mol. The molecule has 0 bridgehead atoms. The average Bonchev–Trinajstić information content (AvgIpc) is 2.58. The van der Waals surface area contributed by atoms with E-state index in [0.717, 1.165) is 0 Å². The van der Waals surface area contributed by atoms with Crippen LogP contribution in [0.4, 0.5) is 5.69 Å². The molecule has 1 aromatic carbocycles. The number of aryl methyl sites for hydroxylation is 1. The van der Waals surface area contributed by atoms with Crippen LogP contribution in [-0.4, -0.2) is 28.7 Å². The van der Waals surface area contributed by atoms with Gasteiger partial charge in [-0.2, -0.15) is 5.26 Å². The fourth-order valence-corrected chi connectivity index (χ4v) is 2.50. The number of aliphatic hydroxyl groups excluding tert-OH is 1. The number of halogens is 1. The van der Waals surface area contributed by atoms with Crippen molar-refractivity contribution >= 4 is 23.2 Å². The molecule has 0 atom stereocenters. The van der Waals surface area contributed by atoms with Crippen LogP contribution >= 0.6 is 11.6 Å². The zero-order valence-corrected chi connectivity index (χ0v) is 14.3. The second-order valence-corrected chi connectivity index (χ2v) is 5.71. The van der Waals surface area contributed by atoms with Crippen molar-refractivity contribution in [2.45, 2.75) is 6.54 Å². The first-order valence-corrected chi connectivity index (χ1v) is 7.86. The average molecular weight is 361 g/mol. The van der Waals surface area contributed by atoms with Crippen LogP contribution in [0, 0.1) is 11.3 Å². The smallest absolute Gasteiger partial charge is 0.263 e. The molecule has 0 saturated heterocycles. The van der Waals surface area contributed by atoms with Gasteiger partial charge in [0.25, 0.3) is 11.5 Å². The molecule has 0 unspecified atom stereocenters. The maximum Gasteiger partial charge on any atom is 0.263 e.